The van der Waals surface area contributed by atoms with Gasteiger partial charge in [0.15, 0.2) is 0 Å². The minimum Gasteiger partial charge on any atom is -0.497 e. The molecule has 1 amide bonds. The van der Waals surface area contributed by atoms with Gasteiger partial charge in [0.1, 0.15) is 17.3 Å². The van der Waals surface area contributed by atoms with Crippen LogP contribution in [0.5, 0.6) is 5.75 Å². The van der Waals surface area contributed by atoms with E-state index in [2.05, 4.69) is 0 Å². The molecule has 0 aliphatic carbocycles. The van der Waals surface area contributed by atoms with Gasteiger partial charge in [-0.1, -0.05) is 12.1 Å². The third-order valence-corrected chi connectivity index (χ3v) is 3.68. The number of amides is 1. The molecule has 1 aromatic carbocycles. The molecule has 0 saturated carbocycles. The van der Waals surface area contributed by atoms with E-state index in [1.165, 1.54) is 6.08 Å². The van der Waals surface area contributed by atoms with Crippen LogP contribution in [0.2, 0.25) is 0 Å². The number of benzene rings is 1. The molecular formula is C18H21NO3. The topological polar surface area (TPSA) is 42.7 Å². The van der Waals surface area contributed by atoms with Crippen LogP contribution in [0.3, 0.4) is 0 Å². The Kier molecular flexibility index (Phi) is 5.04. The Hall–Kier alpha value is -2.49. The zero-order chi connectivity index (χ0) is 16.1. The van der Waals surface area contributed by atoms with Crippen LogP contribution in [0.4, 0.5) is 0 Å². The summed E-state index contributed by atoms with van der Waals surface area (Å²) >= 11 is 0. The number of hydrogen-bond acceptors (Lipinski definition) is 3. The fraction of sp³-hybridized carbons (Fsp3) is 0.278. The molecule has 0 radical (unpaired) electrons. The summed E-state index contributed by atoms with van der Waals surface area (Å²) in [5.74, 6) is 2.23. The second-order valence-corrected chi connectivity index (χ2v) is 5.18. The van der Waals surface area contributed by atoms with Crippen molar-refractivity contribution >= 4 is 12.0 Å². The smallest absolute Gasteiger partial charge is 0.246 e. The lowest BCUT2D eigenvalue weighted by Gasteiger charge is -2.24. The predicted octanol–water partition coefficient (Wildman–Crippen LogP) is 3.83. The number of ether oxygens (including phenoxy) is 1. The summed E-state index contributed by atoms with van der Waals surface area (Å²) in [6.45, 7) is 3.86. The van der Waals surface area contributed by atoms with Gasteiger partial charge in [-0.05, 0) is 49.8 Å². The molecule has 0 aliphatic rings. The van der Waals surface area contributed by atoms with Crippen molar-refractivity contribution < 1.29 is 13.9 Å². The van der Waals surface area contributed by atoms with Gasteiger partial charge < -0.3 is 14.1 Å². The highest BCUT2D eigenvalue weighted by molar-refractivity contribution is 5.91. The molecule has 1 aromatic heterocycles. The Labute approximate surface area is 131 Å². The number of likely N-dealkylation sites (N-methyl/N-ethyl adjacent to an activating group) is 1. The Bertz CT molecular complexity index is 655. The SMILES string of the molecule is COc1ccc(C(C)N(C)C(=O)/C=C/c2ccc(C)o2)cc1. The molecule has 1 unspecified atom stereocenters. The van der Waals surface area contributed by atoms with Gasteiger partial charge in [0.2, 0.25) is 5.91 Å². The Morgan fingerprint density at radius 3 is 2.45 bits per heavy atom. The van der Waals surface area contributed by atoms with Gasteiger partial charge in [0.25, 0.3) is 0 Å². The standard InChI is InChI=1S/C18H21NO3/c1-13-5-8-17(22-13)11-12-18(20)19(3)14(2)15-6-9-16(21-4)10-7-15/h5-12,14H,1-4H3/b12-11+. The zero-order valence-corrected chi connectivity index (χ0v) is 13.4. The highest BCUT2D eigenvalue weighted by atomic mass is 16.5. The lowest BCUT2D eigenvalue weighted by atomic mass is 10.1. The molecule has 1 atom stereocenters. The maximum absolute atomic E-state index is 12.2. The molecule has 0 fully saturated rings. The number of rotatable bonds is 5. The quantitative estimate of drug-likeness (QED) is 0.788. The van der Waals surface area contributed by atoms with Crippen molar-refractivity contribution in [3.05, 3.63) is 59.6 Å². The first kappa shape index (κ1) is 15.9. The Morgan fingerprint density at radius 1 is 1.23 bits per heavy atom. The van der Waals surface area contributed by atoms with Crippen LogP contribution in [0.15, 0.2) is 46.9 Å². The monoisotopic (exact) mass is 299 g/mol. The average molecular weight is 299 g/mol. The van der Waals surface area contributed by atoms with Crippen LogP contribution < -0.4 is 4.74 Å². The fourth-order valence-electron chi connectivity index (χ4n) is 2.11. The summed E-state index contributed by atoms with van der Waals surface area (Å²) in [6, 6.07) is 11.4. The first-order valence-corrected chi connectivity index (χ1v) is 7.16. The van der Waals surface area contributed by atoms with E-state index < -0.39 is 0 Å². The lowest BCUT2D eigenvalue weighted by Crippen LogP contribution is -2.27. The maximum atomic E-state index is 12.2. The van der Waals surface area contributed by atoms with E-state index >= 15 is 0 Å². The van der Waals surface area contributed by atoms with Gasteiger partial charge in [0, 0.05) is 13.1 Å². The molecule has 2 rings (SSSR count). The molecule has 4 heteroatoms. The molecule has 0 bridgehead atoms. The van der Waals surface area contributed by atoms with Crippen molar-refractivity contribution in [3.8, 4) is 5.75 Å². The molecule has 0 aliphatic heterocycles. The second kappa shape index (κ2) is 6.98. The summed E-state index contributed by atoms with van der Waals surface area (Å²) < 4.78 is 10.6. The summed E-state index contributed by atoms with van der Waals surface area (Å²) in [4.78, 5) is 13.9. The molecule has 116 valence electrons. The van der Waals surface area contributed by atoms with E-state index in [0.29, 0.717) is 5.76 Å². The van der Waals surface area contributed by atoms with Crippen LogP contribution in [0.1, 0.15) is 30.0 Å². The molecule has 22 heavy (non-hydrogen) atoms. The van der Waals surface area contributed by atoms with Crippen LogP contribution in [-0.2, 0) is 4.79 Å². The first-order valence-electron chi connectivity index (χ1n) is 7.16. The summed E-state index contributed by atoms with van der Waals surface area (Å²) in [5, 5.41) is 0. The largest absolute Gasteiger partial charge is 0.497 e. The number of hydrogen-bond donors (Lipinski definition) is 0. The van der Waals surface area contributed by atoms with Gasteiger partial charge in [-0.3, -0.25) is 4.79 Å². The molecule has 4 nitrogen and oxygen atoms in total. The predicted molar refractivity (Wildman–Crippen MR) is 86.7 cm³/mol. The van der Waals surface area contributed by atoms with Gasteiger partial charge in [-0.2, -0.15) is 0 Å². The first-order chi connectivity index (χ1) is 10.5. The highest BCUT2D eigenvalue weighted by Crippen LogP contribution is 2.22. The summed E-state index contributed by atoms with van der Waals surface area (Å²) in [6.07, 6.45) is 3.21. The minimum absolute atomic E-state index is 0.0265. The fourth-order valence-corrected chi connectivity index (χ4v) is 2.11. The van der Waals surface area contributed by atoms with Gasteiger partial charge in [-0.15, -0.1) is 0 Å². The van der Waals surface area contributed by atoms with E-state index in [9.17, 15) is 4.79 Å². The zero-order valence-electron chi connectivity index (χ0n) is 13.4. The van der Waals surface area contributed by atoms with E-state index in [4.69, 9.17) is 9.15 Å². The normalized spacial score (nSPS) is 12.4. The van der Waals surface area contributed by atoms with Crippen LogP contribution in [0, 0.1) is 6.92 Å². The molecular weight excluding hydrogens is 278 g/mol. The highest BCUT2D eigenvalue weighted by Gasteiger charge is 2.15. The van der Waals surface area contributed by atoms with Crippen molar-refractivity contribution in [2.24, 2.45) is 0 Å². The van der Waals surface area contributed by atoms with Crippen molar-refractivity contribution in [2.75, 3.05) is 14.2 Å². The lowest BCUT2D eigenvalue weighted by molar-refractivity contribution is -0.126. The summed E-state index contributed by atoms with van der Waals surface area (Å²) in [7, 11) is 3.42. The third kappa shape index (κ3) is 3.79. The minimum atomic E-state index is -0.0719. The average Bonchev–Trinajstić information content (AvgIpc) is 2.96. The number of aryl methyl sites for hydroxylation is 1. The van der Waals surface area contributed by atoms with Crippen molar-refractivity contribution in [2.45, 2.75) is 19.9 Å². The molecule has 0 N–H and O–H groups in total. The van der Waals surface area contributed by atoms with Crippen LogP contribution >= 0.6 is 0 Å². The van der Waals surface area contributed by atoms with Crippen LogP contribution in [0.25, 0.3) is 6.08 Å². The van der Waals surface area contributed by atoms with E-state index in [1.54, 1.807) is 25.1 Å². The molecule has 2 aromatic rings. The Balaban J connectivity index is 2.03. The third-order valence-electron chi connectivity index (χ3n) is 3.68. The second-order valence-electron chi connectivity index (χ2n) is 5.18. The molecule has 1 heterocycles. The van der Waals surface area contributed by atoms with E-state index in [-0.39, 0.29) is 11.9 Å². The van der Waals surface area contributed by atoms with E-state index in [0.717, 1.165) is 17.1 Å². The van der Waals surface area contributed by atoms with Gasteiger partial charge in [0.05, 0.1) is 13.2 Å². The van der Waals surface area contributed by atoms with Crippen molar-refractivity contribution in [1.82, 2.24) is 4.90 Å². The van der Waals surface area contributed by atoms with Crippen LogP contribution in [-0.4, -0.2) is 25.0 Å². The number of carbonyl (C=O) groups excluding carboxylic acids is 1. The van der Waals surface area contributed by atoms with E-state index in [1.807, 2.05) is 50.2 Å². The van der Waals surface area contributed by atoms with Crippen molar-refractivity contribution in [3.63, 3.8) is 0 Å². The number of furan rings is 1. The van der Waals surface area contributed by atoms with Gasteiger partial charge >= 0.3 is 0 Å². The van der Waals surface area contributed by atoms with Gasteiger partial charge in [-0.25, -0.2) is 0 Å². The molecule has 0 spiro atoms. The number of nitrogens with zero attached hydrogens (tertiary/aromatic N) is 1. The summed E-state index contributed by atoms with van der Waals surface area (Å²) in [5.41, 5.74) is 1.05. The number of methoxy groups -OCH3 is 1. The number of carbonyl (C=O) groups is 1. The van der Waals surface area contributed by atoms with Crippen molar-refractivity contribution in [1.29, 1.82) is 0 Å². The Morgan fingerprint density at radius 2 is 1.91 bits per heavy atom. The maximum Gasteiger partial charge on any atom is 0.246 e. The molecule has 0 saturated heterocycles.